The van der Waals surface area contributed by atoms with Crippen molar-refractivity contribution in [2.24, 2.45) is 5.92 Å². The molecule has 7 nitrogen and oxygen atoms in total. The molecule has 32 heavy (non-hydrogen) atoms. The number of hydrogen-bond donors (Lipinski definition) is 0. The maximum Gasteiger partial charge on any atom is 0.243 e. The highest BCUT2D eigenvalue weighted by atomic mass is 32.2. The molecule has 0 N–H and O–H groups in total. The van der Waals surface area contributed by atoms with Crippen molar-refractivity contribution in [3.8, 4) is 0 Å². The molecule has 1 saturated heterocycles. The lowest BCUT2D eigenvalue weighted by molar-refractivity contribution is -0.139. The number of Topliss-reactive ketones (excluding diaryl/α,β-unsaturated/α-hetero) is 1. The van der Waals surface area contributed by atoms with Gasteiger partial charge in [-0.1, -0.05) is 18.2 Å². The van der Waals surface area contributed by atoms with E-state index in [-0.39, 0.29) is 34.6 Å². The summed E-state index contributed by atoms with van der Waals surface area (Å²) in [7, 11) is -3.70. The molecule has 1 aliphatic carbocycles. The van der Waals surface area contributed by atoms with Gasteiger partial charge in [0.15, 0.2) is 5.78 Å². The Bertz CT molecular complexity index is 1090. The van der Waals surface area contributed by atoms with Gasteiger partial charge in [0.2, 0.25) is 15.9 Å². The molecule has 0 spiro atoms. The van der Waals surface area contributed by atoms with Crippen LogP contribution < -0.4 is 0 Å². The molecule has 170 valence electrons. The molecule has 1 saturated carbocycles. The van der Waals surface area contributed by atoms with Gasteiger partial charge in [-0.25, -0.2) is 8.42 Å². The molecular formula is C24H29N3O4S. The van der Waals surface area contributed by atoms with Crippen LogP contribution in [0.2, 0.25) is 0 Å². The summed E-state index contributed by atoms with van der Waals surface area (Å²) < 4.78 is 27.6. The SMILES string of the molecule is CC(=O)c1cccc(S(=O)(=O)N2CCC(C(=O)N(C3CC3)C(C)c3ccccn3)CC2)c1. The number of carbonyl (C=O) groups excluding carboxylic acids is 2. The van der Waals surface area contributed by atoms with Crippen LogP contribution in [0.1, 0.15) is 61.6 Å². The van der Waals surface area contributed by atoms with E-state index in [1.165, 1.54) is 23.4 Å². The van der Waals surface area contributed by atoms with Crippen LogP contribution in [0.3, 0.4) is 0 Å². The van der Waals surface area contributed by atoms with Gasteiger partial charge in [-0.2, -0.15) is 4.31 Å². The molecule has 1 aromatic carbocycles. The molecule has 4 rings (SSSR count). The van der Waals surface area contributed by atoms with E-state index in [1.807, 2.05) is 30.0 Å². The molecule has 2 aliphatic rings. The third kappa shape index (κ3) is 4.61. The van der Waals surface area contributed by atoms with Crippen molar-refractivity contribution < 1.29 is 18.0 Å². The Kier molecular flexibility index (Phi) is 6.44. The first-order valence-corrected chi connectivity index (χ1v) is 12.6. The quantitative estimate of drug-likeness (QED) is 0.597. The van der Waals surface area contributed by atoms with Gasteiger partial charge >= 0.3 is 0 Å². The van der Waals surface area contributed by atoms with E-state index in [0.29, 0.717) is 31.5 Å². The first-order chi connectivity index (χ1) is 15.3. The Morgan fingerprint density at radius 2 is 1.78 bits per heavy atom. The molecule has 1 aromatic heterocycles. The predicted molar refractivity (Wildman–Crippen MR) is 120 cm³/mol. The lowest BCUT2D eigenvalue weighted by atomic mass is 9.95. The number of pyridine rings is 1. The Hall–Kier alpha value is -2.58. The number of sulfonamides is 1. The van der Waals surface area contributed by atoms with Crippen LogP contribution in [0.5, 0.6) is 0 Å². The monoisotopic (exact) mass is 455 g/mol. The Morgan fingerprint density at radius 3 is 2.38 bits per heavy atom. The second-order valence-corrected chi connectivity index (χ2v) is 10.6. The summed E-state index contributed by atoms with van der Waals surface area (Å²) in [6, 6.07) is 12.0. The van der Waals surface area contributed by atoms with Crippen molar-refractivity contribution in [3.63, 3.8) is 0 Å². The van der Waals surface area contributed by atoms with Gasteiger partial charge in [-0.05, 0) is 63.8 Å². The highest BCUT2D eigenvalue weighted by Crippen LogP contribution is 2.37. The van der Waals surface area contributed by atoms with Crippen LogP contribution in [-0.4, -0.2) is 53.4 Å². The summed E-state index contributed by atoms with van der Waals surface area (Å²) in [5.41, 5.74) is 1.25. The highest BCUT2D eigenvalue weighted by molar-refractivity contribution is 7.89. The maximum atomic E-state index is 13.4. The molecule has 1 unspecified atom stereocenters. The smallest absolute Gasteiger partial charge is 0.243 e. The van der Waals surface area contributed by atoms with Crippen molar-refractivity contribution in [1.29, 1.82) is 0 Å². The van der Waals surface area contributed by atoms with E-state index in [4.69, 9.17) is 0 Å². The molecule has 2 aromatic rings. The molecule has 2 fully saturated rings. The first-order valence-electron chi connectivity index (χ1n) is 11.1. The number of benzene rings is 1. The van der Waals surface area contributed by atoms with Gasteiger partial charge in [0.1, 0.15) is 0 Å². The van der Waals surface area contributed by atoms with Gasteiger partial charge in [0.25, 0.3) is 0 Å². The van der Waals surface area contributed by atoms with Gasteiger partial charge in [0.05, 0.1) is 16.6 Å². The zero-order chi connectivity index (χ0) is 22.9. The van der Waals surface area contributed by atoms with E-state index in [2.05, 4.69) is 4.98 Å². The van der Waals surface area contributed by atoms with Crippen molar-refractivity contribution in [1.82, 2.24) is 14.2 Å². The van der Waals surface area contributed by atoms with E-state index in [0.717, 1.165) is 18.5 Å². The summed E-state index contributed by atoms with van der Waals surface area (Å²) in [5.74, 6) is -0.272. The number of rotatable bonds is 7. The van der Waals surface area contributed by atoms with Gasteiger partial charge in [0, 0.05) is 36.8 Å². The Morgan fingerprint density at radius 1 is 1.06 bits per heavy atom. The van der Waals surface area contributed by atoms with Crippen molar-refractivity contribution >= 4 is 21.7 Å². The van der Waals surface area contributed by atoms with Crippen LogP contribution in [0.25, 0.3) is 0 Å². The zero-order valence-corrected chi connectivity index (χ0v) is 19.3. The third-order valence-corrected chi connectivity index (χ3v) is 8.30. The number of nitrogens with zero attached hydrogens (tertiary/aromatic N) is 3. The molecule has 1 aliphatic heterocycles. The fourth-order valence-electron chi connectivity index (χ4n) is 4.38. The van der Waals surface area contributed by atoms with Crippen LogP contribution >= 0.6 is 0 Å². The number of aromatic nitrogens is 1. The summed E-state index contributed by atoms with van der Waals surface area (Å²) in [5, 5.41) is 0. The molecule has 0 radical (unpaired) electrons. The summed E-state index contributed by atoms with van der Waals surface area (Å²) >= 11 is 0. The lowest BCUT2D eigenvalue weighted by Gasteiger charge is -2.36. The minimum absolute atomic E-state index is 0.0984. The van der Waals surface area contributed by atoms with Crippen LogP contribution in [0, 0.1) is 5.92 Å². The largest absolute Gasteiger partial charge is 0.331 e. The minimum atomic E-state index is -3.70. The van der Waals surface area contributed by atoms with Gasteiger partial charge < -0.3 is 4.90 Å². The minimum Gasteiger partial charge on any atom is -0.331 e. The zero-order valence-electron chi connectivity index (χ0n) is 18.5. The fraction of sp³-hybridized carbons (Fsp3) is 0.458. The highest BCUT2D eigenvalue weighted by Gasteiger charge is 2.41. The fourth-order valence-corrected chi connectivity index (χ4v) is 5.90. The number of carbonyl (C=O) groups is 2. The van der Waals surface area contributed by atoms with Gasteiger partial charge in [-0.15, -0.1) is 0 Å². The van der Waals surface area contributed by atoms with Crippen molar-refractivity contribution in [2.75, 3.05) is 13.1 Å². The van der Waals surface area contributed by atoms with Crippen LogP contribution in [0.4, 0.5) is 0 Å². The van der Waals surface area contributed by atoms with Gasteiger partial charge in [-0.3, -0.25) is 14.6 Å². The standard InChI is InChI=1S/C24H29N3O4S/c1-17(23-8-3-4-13-25-23)27(21-9-10-21)24(29)19-11-14-26(15-12-19)32(30,31)22-7-5-6-20(16-22)18(2)28/h3-8,13,16-17,19,21H,9-12,14-15H2,1-2H3. The first kappa shape index (κ1) is 22.6. The average molecular weight is 456 g/mol. The molecule has 0 bridgehead atoms. The van der Waals surface area contributed by atoms with Crippen LogP contribution in [-0.2, 0) is 14.8 Å². The Balaban J connectivity index is 1.45. The predicted octanol–water partition coefficient (Wildman–Crippen LogP) is 3.44. The van der Waals surface area contributed by atoms with E-state index >= 15 is 0 Å². The lowest BCUT2D eigenvalue weighted by Crippen LogP contribution is -2.45. The number of piperidine rings is 1. The van der Waals surface area contributed by atoms with E-state index in [9.17, 15) is 18.0 Å². The van der Waals surface area contributed by atoms with E-state index in [1.54, 1.807) is 18.3 Å². The average Bonchev–Trinajstić information content (AvgIpc) is 3.65. The molecule has 1 amide bonds. The number of hydrogen-bond acceptors (Lipinski definition) is 5. The molecule has 2 heterocycles. The Labute approximate surface area is 189 Å². The molecular weight excluding hydrogens is 426 g/mol. The maximum absolute atomic E-state index is 13.4. The normalized spacial score (nSPS) is 18.8. The topological polar surface area (TPSA) is 87.7 Å². The summed E-state index contributed by atoms with van der Waals surface area (Å²) in [6.07, 6.45) is 4.72. The summed E-state index contributed by atoms with van der Waals surface area (Å²) in [4.78, 5) is 31.6. The van der Waals surface area contributed by atoms with Crippen molar-refractivity contribution in [2.45, 2.75) is 56.5 Å². The second kappa shape index (κ2) is 9.11. The summed E-state index contributed by atoms with van der Waals surface area (Å²) in [6.45, 7) is 4.01. The molecule has 8 heteroatoms. The number of ketones is 1. The number of amides is 1. The third-order valence-electron chi connectivity index (χ3n) is 6.41. The van der Waals surface area contributed by atoms with E-state index < -0.39 is 10.0 Å². The molecule has 1 atom stereocenters. The van der Waals surface area contributed by atoms with Crippen molar-refractivity contribution in [3.05, 3.63) is 59.9 Å². The van der Waals surface area contributed by atoms with Crippen LogP contribution in [0.15, 0.2) is 53.6 Å². The second-order valence-electron chi connectivity index (χ2n) is 8.67.